The van der Waals surface area contributed by atoms with E-state index >= 15 is 0 Å². The van der Waals surface area contributed by atoms with Crippen molar-refractivity contribution in [3.05, 3.63) is 72.2 Å². The standard InChI is InChI=1S/C35H44N8O3/c1-26-37-34(29-14-15-36-32(24-29)38-35(45)46-23-22-41-18-16-40(2)17-19-41)39-43(26)21-20-42(30-11-4-5-12-30)33(44)25-28-10-7-9-27-8-3-6-13-31(27)28/h3,6-10,13-15,24,30H,4-5,11-12,16-23,25H2,1-2H3,(H,36,38,45). The molecule has 11 heteroatoms. The highest BCUT2D eigenvalue weighted by Crippen LogP contribution is 2.26. The molecule has 1 saturated carbocycles. The maximum Gasteiger partial charge on any atom is 0.412 e. The quantitative estimate of drug-likeness (QED) is 0.258. The molecule has 0 atom stereocenters. The van der Waals surface area contributed by atoms with Gasteiger partial charge in [0.1, 0.15) is 18.2 Å². The Labute approximate surface area is 270 Å². The van der Waals surface area contributed by atoms with E-state index in [9.17, 15) is 9.59 Å². The fraction of sp³-hybridized carbons (Fsp3) is 0.457. The van der Waals surface area contributed by atoms with Gasteiger partial charge in [-0.15, -0.1) is 0 Å². The number of nitrogens with one attached hydrogen (secondary N) is 1. The molecule has 2 fully saturated rings. The smallest absolute Gasteiger partial charge is 0.412 e. The van der Waals surface area contributed by atoms with Gasteiger partial charge < -0.3 is 14.5 Å². The lowest BCUT2D eigenvalue weighted by Crippen LogP contribution is -2.45. The monoisotopic (exact) mass is 624 g/mol. The molecule has 11 nitrogen and oxygen atoms in total. The molecule has 0 unspecified atom stereocenters. The van der Waals surface area contributed by atoms with E-state index in [1.54, 1.807) is 12.3 Å². The molecule has 4 aromatic rings. The third kappa shape index (κ3) is 7.89. The number of anilines is 1. The molecule has 1 aliphatic carbocycles. The average molecular weight is 625 g/mol. The van der Waals surface area contributed by atoms with Gasteiger partial charge in [-0.2, -0.15) is 5.10 Å². The van der Waals surface area contributed by atoms with Crippen LogP contribution < -0.4 is 5.32 Å². The predicted molar refractivity (Wildman–Crippen MR) is 179 cm³/mol. The fourth-order valence-corrected chi connectivity index (χ4v) is 6.51. The van der Waals surface area contributed by atoms with Crippen LogP contribution in [0.2, 0.25) is 0 Å². The van der Waals surface area contributed by atoms with Crippen LogP contribution in [0.3, 0.4) is 0 Å². The summed E-state index contributed by atoms with van der Waals surface area (Å²) in [5.74, 6) is 1.84. The molecule has 0 spiro atoms. The molecular weight excluding hydrogens is 580 g/mol. The van der Waals surface area contributed by atoms with Crippen molar-refractivity contribution in [2.45, 2.75) is 51.6 Å². The molecule has 242 valence electrons. The number of aryl methyl sites for hydroxylation is 1. The normalized spacial score (nSPS) is 16.1. The third-order valence-corrected chi connectivity index (χ3v) is 9.20. The second kappa shape index (κ2) is 14.8. The molecule has 1 saturated heterocycles. The second-order valence-corrected chi connectivity index (χ2v) is 12.4. The van der Waals surface area contributed by atoms with Gasteiger partial charge in [0.2, 0.25) is 5.91 Å². The Bertz CT molecular complexity index is 1640. The molecule has 2 aliphatic rings. The Morgan fingerprint density at radius 2 is 1.78 bits per heavy atom. The van der Waals surface area contributed by atoms with Crippen molar-refractivity contribution < 1.29 is 14.3 Å². The number of benzene rings is 2. The van der Waals surface area contributed by atoms with Crippen LogP contribution in [0.5, 0.6) is 0 Å². The summed E-state index contributed by atoms with van der Waals surface area (Å²) in [5, 5.41) is 9.79. The van der Waals surface area contributed by atoms with Gasteiger partial charge in [0.15, 0.2) is 5.82 Å². The summed E-state index contributed by atoms with van der Waals surface area (Å²) < 4.78 is 7.27. The first-order valence-electron chi connectivity index (χ1n) is 16.4. The van der Waals surface area contributed by atoms with Gasteiger partial charge >= 0.3 is 6.09 Å². The lowest BCUT2D eigenvalue weighted by molar-refractivity contribution is -0.132. The van der Waals surface area contributed by atoms with Crippen molar-refractivity contribution >= 4 is 28.6 Å². The highest BCUT2D eigenvalue weighted by molar-refractivity contribution is 5.90. The SMILES string of the molecule is Cc1nc(-c2ccnc(NC(=O)OCCN3CCN(C)CC3)c2)nn1CCN(C(=O)Cc1cccc2ccccc12)C1CCCC1. The third-order valence-electron chi connectivity index (χ3n) is 9.20. The van der Waals surface area contributed by atoms with Crippen LogP contribution in [-0.2, 0) is 22.5 Å². The molecule has 0 bridgehead atoms. The van der Waals surface area contributed by atoms with Crippen molar-refractivity contribution in [2.75, 3.05) is 58.2 Å². The van der Waals surface area contributed by atoms with Crippen LogP contribution >= 0.6 is 0 Å². The van der Waals surface area contributed by atoms with Crippen LogP contribution in [0.25, 0.3) is 22.2 Å². The summed E-state index contributed by atoms with van der Waals surface area (Å²) >= 11 is 0. The van der Waals surface area contributed by atoms with E-state index < -0.39 is 6.09 Å². The molecule has 2 amide bonds. The average Bonchev–Trinajstić information content (AvgIpc) is 3.73. The summed E-state index contributed by atoms with van der Waals surface area (Å²) in [6.45, 7) is 8.07. The minimum Gasteiger partial charge on any atom is -0.448 e. The van der Waals surface area contributed by atoms with Crippen molar-refractivity contribution in [3.8, 4) is 11.4 Å². The number of fused-ring (bicyclic) bond motifs is 1. The number of amides is 2. The van der Waals surface area contributed by atoms with Crippen LogP contribution in [0.1, 0.15) is 37.1 Å². The van der Waals surface area contributed by atoms with Crippen molar-refractivity contribution in [1.29, 1.82) is 0 Å². The van der Waals surface area contributed by atoms with Gasteiger partial charge in [-0.25, -0.2) is 19.4 Å². The minimum atomic E-state index is -0.534. The Morgan fingerprint density at radius 1 is 1.00 bits per heavy atom. The van der Waals surface area contributed by atoms with Crippen LogP contribution in [0, 0.1) is 6.92 Å². The number of hydrogen-bond donors (Lipinski definition) is 1. The number of carbonyl (C=O) groups is 2. The fourth-order valence-electron chi connectivity index (χ4n) is 6.51. The van der Waals surface area contributed by atoms with Gasteiger partial charge in [-0.3, -0.25) is 15.0 Å². The second-order valence-electron chi connectivity index (χ2n) is 12.4. The van der Waals surface area contributed by atoms with E-state index in [1.165, 1.54) is 0 Å². The Morgan fingerprint density at radius 3 is 2.61 bits per heavy atom. The van der Waals surface area contributed by atoms with Crippen LogP contribution in [0.4, 0.5) is 10.6 Å². The van der Waals surface area contributed by atoms with Crippen molar-refractivity contribution in [2.24, 2.45) is 0 Å². The number of pyridine rings is 1. The molecule has 6 rings (SSSR count). The number of rotatable bonds is 11. The summed E-state index contributed by atoms with van der Waals surface area (Å²) in [5.41, 5.74) is 1.80. The number of piperazine rings is 1. The lowest BCUT2D eigenvalue weighted by atomic mass is 10.0. The lowest BCUT2D eigenvalue weighted by Gasteiger charge is -2.31. The van der Waals surface area contributed by atoms with Crippen LogP contribution in [0.15, 0.2) is 60.8 Å². The van der Waals surface area contributed by atoms with Crippen molar-refractivity contribution in [1.82, 2.24) is 34.4 Å². The Hall–Kier alpha value is -4.35. The number of hydrogen-bond acceptors (Lipinski definition) is 8. The summed E-state index contributed by atoms with van der Waals surface area (Å²) in [4.78, 5) is 41.9. The summed E-state index contributed by atoms with van der Waals surface area (Å²) in [6.07, 6.45) is 5.84. The predicted octanol–water partition coefficient (Wildman–Crippen LogP) is 4.61. The van der Waals surface area contributed by atoms with E-state index in [0.29, 0.717) is 44.3 Å². The number of nitrogens with zero attached hydrogens (tertiary/aromatic N) is 7. The maximum atomic E-state index is 13.8. The Balaban J connectivity index is 1.07. The molecule has 1 N–H and O–H groups in total. The van der Waals surface area contributed by atoms with Gasteiger partial charge in [0, 0.05) is 57.1 Å². The molecule has 2 aromatic carbocycles. The van der Waals surface area contributed by atoms with Crippen molar-refractivity contribution in [3.63, 3.8) is 0 Å². The zero-order chi connectivity index (χ0) is 31.9. The molecule has 3 heterocycles. The van der Waals surface area contributed by atoms with E-state index in [1.807, 2.05) is 35.9 Å². The van der Waals surface area contributed by atoms with E-state index in [4.69, 9.17) is 14.8 Å². The molecule has 2 aromatic heterocycles. The number of aromatic nitrogens is 4. The zero-order valence-electron chi connectivity index (χ0n) is 26.9. The van der Waals surface area contributed by atoms with Gasteiger partial charge in [0.05, 0.1) is 13.0 Å². The molecular formula is C35H44N8O3. The molecule has 1 aliphatic heterocycles. The topological polar surface area (TPSA) is 109 Å². The summed E-state index contributed by atoms with van der Waals surface area (Å²) in [7, 11) is 2.12. The van der Waals surface area contributed by atoms with Gasteiger partial charge in [0.25, 0.3) is 0 Å². The highest BCUT2D eigenvalue weighted by atomic mass is 16.5. The van der Waals surface area contributed by atoms with Crippen LogP contribution in [-0.4, -0.2) is 105 Å². The number of likely N-dealkylation sites (N-methyl/N-ethyl adjacent to an activating group) is 1. The first kappa shape index (κ1) is 31.6. The van der Waals surface area contributed by atoms with E-state index in [0.717, 1.165) is 79.6 Å². The number of ether oxygens (including phenoxy) is 1. The zero-order valence-corrected chi connectivity index (χ0v) is 26.9. The Kier molecular flexibility index (Phi) is 10.2. The molecule has 0 radical (unpaired) electrons. The maximum absolute atomic E-state index is 13.8. The van der Waals surface area contributed by atoms with E-state index in [2.05, 4.69) is 56.3 Å². The van der Waals surface area contributed by atoms with E-state index in [-0.39, 0.29) is 11.9 Å². The largest absolute Gasteiger partial charge is 0.448 e. The minimum absolute atomic E-state index is 0.154. The van der Waals surface area contributed by atoms with Gasteiger partial charge in [-0.05, 0) is 55.3 Å². The van der Waals surface area contributed by atoms with Gasteiger partial charge in [-0.1, -0.05) is 55.3 Å². The summed E-state index contributed by atoms with van der Waals surface area (Å²) in [6, 6.07) is 18.2. The molecule has 46 heavy (non-hydrogen) atoms. The first-order chi connectivity index (χ1) is 22.4. The first-order valence-corrected chi connectivity index (χ1v) is 16.4. The number of carbonyl (C=O) groups excluding carboxylic acids is 2. The highest BCUT2D eigenvalue weighted by Gasteiger charge is 2.27.